The molecule has 1 heterocycles. The fourth-order valence-electron chi connectivity index (χ4n) is 2.04. The van der Waals surface area contributed by atoms with Gasteiger partial charge in [-0.25, -0.2) is 0 Å². The van der Waals surface area contributed by atoms with Crippen molar-refractivity contribution in [3.63, 3.8) is 0 Å². The smallest absolute Gasteiger partial charge is 0.120 e. The van der Waals surface area contributed by atoms with Crippen molar-refractivity contribution in [1.82, 2.24) is 4.90 Å². The maximum atomic E-state index is 10.0. The first-order valence-electron chi connectivity index (χ1n) is 6.17. The summed E-state index contributed by atoms with van der Waals surface area (Å²) in [6.07, 6.45) is 0. The van der Waals surface area contributed by atoms with Gasteiger partial charge in [0.05, 0.1) is 3.79 Å². The highest BCUT2D eigenvalue weighted by Crippen LogP contribution is 2.26. The van der Waals surface area contributed by atoms with Gasteiger partial charge in [0.2, 0.25) is 0 Å². The van der Waals surface area contributed by atoms with E-state index in [9.17, 15) is 5.11 Å². The van der Waals surface area contributed by atoms with Gasteiger partial charge in [-0.15, -0.1) is 11.3 Å². The molecule has 0 aliphatic heterocycles. The van der Waals surface area contributed by atoms with Crippen molar-refractivity contribution >= 4 is 27.3 Å². The van der Waals surface area contributed by atoms with Crippen molar-refractivity contribution in [3.8, 4) is 5.75 Å². The molecule has 0 aliphatic rings. The lowest BCUT2D eigenvalue weighted by Crippen LogP contribution is -2.16. The normalized spacial score (nSPS) is 11.2. The second kappa shape index (κ2) is 6.07. The van der Waals surface area contributed by atoms with Crippen LogP contribution < -0.4 is 0 Å². The van der Waals surface area contributed by atoms with Crippen molar-refractivity contribution < 1.29 is 5.11 Å². The Balaban J connectivity index is 2.06. The highest BCUT2D eigenvalue weighted by Gasteiger charge is 2.09. The lowest BCUT2D eigenvalue weighted by atomic mass is 10.0. The Morgan fingerprint density at radius 3 is 2.47 bits per heavy atom. The van der Waals surface area contributed by atoms with Gasteiger partial charge in [-0.05, 0) is 66.2 Å². The summed E-state index contributed by atoms with van der Waals surface area (Å²) >= 11 is 5.23. The second-order valence-corrected chi connectivity index (χ2v) is 7.49. The van der Waals surface area contributed by atoms with E-state index >= 15 is 0 Å². The zero-order valence-electron chi connectivity index (χ0n) is 11.4. The number of aryl methyl sites for hydroxylation is 2. The van der Waals surface area contributed by atoms with E-state index in [4.69, 9.17) is 0 Å². The third kappa shape index (κ3) is 3.81. The fourth-order valence-corrected chi connectivity index (χ4v) is 3.60. The van der Waals surface area contributed by atoms with E-state index in [1.54, 1.807) is 11.3 Å². The monoisotopic (exact) mass is 339 g/mol. The van der Waals surface area contributed by atoms with Crippen LogP contribution in [0.15, 0.2) is 28.1 Å². The molecular weight excluding hydrogens is 322 g/mol. The number of hydrogen-bond donors (Lipinski definition) is 1. The largest absolute Gasteiger partial charge is 0.508 e. The number of nitrogens with zero attached hydrogens (tertiary/aromatic N) is 1. The van der Waals surface area contributed by atoms with E-state index in [0.29, 0.717) is 5.75 Å². The first kappa shape index (κ1) is 14.6. The number of phenols is 1. The van der Waals surface area contributed by atoms with Crippen LogP contribution in [0, 0.1) is 13.8 Å². The average molecular weight is 340 g/mol. The molecule has 0 amide bonds. The molecule has 0 unspecified atom stereocenters. The maximum Gasteiger partial charge on any atom is 0.120 e. The summed E-state index contributed by atoms with van der Waals surface area (Å²) in [6, 6.07) is 8.12. The van der Waals surface area contributed by atoms with E-state index in [2.05, 4.69) is 53.0 Å². The highest BCUT2D eigenvalue weighted by atomic mass is 79.9. The molecule has 102 valence electrons. The maximum absolute atomic E-state index is 10.0. The zero-order valence-corrected chi connectivity index (χ0v) is 13.8. The number of aromatic hydroxyl groups is 1. The molecule has 0 saturated heterocycles. The van der Waals surface area contributed by atoms with Gasteiger partial charge in [0.1, 0.15) is 5.75 Å². The van der Waals surface area contributed by atoms with Crippen LogP contribution in [-0.4, -0.2) is 17.1 Å². The summed E-state index contributed by atoms with van der Waals surface area (Å²) in [7, 11) is 2.07. The van der Waals surface area contributed by atoms with Crippen LogP contribution in [0.4, 0.5) is 0 Å². The molecule has 2 aromatic rings. The molecule has 0 fully saturated rings. The SMILES string of the molecule is Cc1cc(O)c(CN(C)Cc2ccc(Br)s2)cc1C. The first-order valence-corrected chi connectivity index (χ1v) is 7.78. The fraction of sp³-hybridized carbons (Fsp3) is 0.333. The number of benzene rings is 1. The van der Waals surface area contributed by atoms with Gasteiger partial charge >= 0.3 is 0 Å². The van der Waals surface area contributed by atoms with Gasteiger partial charge in [-0.1, -0.05) is 6.07 Å². The summed E-state index contributed by atoms with van der Waals surface area (Å²) in [5, 5.41) is 10.0. The average Bonchev–Trinajstić information content (AvgIpc) is 2.71. The van der Waals surface area contributed by atoms with Crippen molar-refractivity contribution in [1.29, 1.82) is 0 Å². The van der Waals surface area contributed by atoms with Crippen LogP contribution in [0.25, 0.3) is 0 Å². The first-order chi connectivity index (χ1) is 8.95. The number of hydrogen-bond acceptors (Lipinski definition) is 3. The third-order valence-electron chi connectivity index (χ3n) is 3.19. The lowest BCUT2D eigenvalue weighted by molar-refractivity contribution is 0.315. The quantitative estimate of drug-likeness (QED) is 0.888. The van der Waals surface area contributed by atoms with E-state index in [-0.39, 0.29) is 0 Å². The van der Waals surface area contributed by atoms with Crippen LogP contribution in [0.5, 0.6) is 5.75 Å². The standard InChI is InChI=1S/C15H18BrNOS/c1-10-6-12(14(18)7-11(10)2)8-17(3)9-13-4-5-15(16)19-13/h4-7,18H,8-9H2,1-3H3. The Hall–Kier alpha value is -0.840. The van der Waals surface area contributed by atoms with Gasteiger partial charge in [0.25, 0.3) is 0 Å². The van der Waals surface area contributed by atoms with Crippen LogP contribution >= 0.6 is 27.3 Å². The third-order valence-corrected chi connectivity index (χ3v) is 4.80. The van der Waals surface area contributed by atoms with Crippen molar-refractivity contribution in [2.75, 3.05) is 7.05 Å². The summed E-state index contributed by atoms with van der Waals surface area (Å²) < 4.78 is 1.16. The molecule has 0 aliphatic carbocycles. The minimum atomic E-state index is 0.391. The van der Waals surface area contributed by atoms with E-state index in [0.717, 1.165) is 28.0 Å². The molecule has 19 heavy (non-hydrogen) atoms. The van der Waals surface area contributed by atoms with E-state index in [1.807, 2.05) is 13.0 Å². The highest BCUT2D eigenvalue weighted by molar-refractivity contribution is 9.11. The Bertz CT molecular complexity index is 580. The Morgan fingerprint density at radius 2 is 1.84 bits per heavy atom. The van der Waals surface area contributed by atoms with Crippen molar-refractivity contribution in [2.45, 2.75) is 26.9 Å². The van der Waals surface area contributed by atoms with Crippen LogP contribution in [-0.2, 0) is 13.1 Å². The van der Waals surface area contributed by atoms with E-state index < -0.39 is 0 Å². The predicted octanol–water partition coefficient (Wildman–Crippen LogP) is 4.47. The number of phenolic OH excluding ortho intramolecular Hbond substituents is 1. The molecule has 0 bridgehead atoms. The molecule has 4 heteroatoms. The predicted molar refractivity (Wildman–Crippen MR) is 84.8 cm³/mol. The Labute approximate surface area is 126 Å². The summed E-state index contributed by atoms with van der Waals surface area (Å²) in [4.78, 5) is 3.53. The van der Waals surface area contributed by atoms with Gasteiger partial charge in [-0.2, -0.15) is 0 Å². The minimum absolute atomic E-state index is 0.391. The molecule has 1 aromatic carbocycles. The number of halogens is 1. The van der Waals surface area contributed by atoms with Crippen LogP contribution in [0.1, 0.15) is 21.6 Å². The van der Waals surface area contributed by atoms with Gasteiger partial charge in [-0.3, -0.25) is 4.90 Å². The topological polar surface area (TPSA) is 23.5 Å². The second-order valence-electron chi connectivity index (χ2n) is 4.94. The van der Waals surface area contributed by atoms with Gasteiger partial charge in [0.15, 0.2) is 0 Å². The van der Waals surface area contributed by atoms with Gasteiger partial charge in [0, 0.05) is 23.5 Å². The Kier molecular flexibility index (Phi) is 4.66. The molecule has 2 nitrogen and oxygen atoms in total. The molecular formula is C15H18BrNOS. The molecule has 0 radical (unpaired) electrons. The molecule has 1 aromatic heterocycles. The molecule has 1 N–H and O–H groups in total. The summed E-state index contributed by atoms with van der Waals surface area (Å²) in [5.41, 5.74) is 3.34. The summed E-state index contributed by atoms with van der Waals surface area (Å²) in [5.74, 6) is 0.391. The Morgan fingerprint density at radius 1 is 1.16 bits per heavy atom. The van der Waals surface area contributed by atoms with Crippen LogP contribution in [0.2, 0.25) is 0 Å². The lowest BCUT2D eigenvalue weighted by Gasteiger charge is -2.17. The minimum Gasteiger partial charge on any atom is -0.508 e. The molecule has 0 spiro atoms. The van der Waals surface area contributed by atoms with Crippen molar-refractivity contribution in [2.24, 2.45) is 0 Å². The molecule has 2 rings (SSSR count). The molecule has 0 atom stereocenters. The number of thiophene rings is 1. The zero-order chi connectivity index (χ0) is 14.0. The van der Waals surface area contributed by atoms with E-state index in [1.165, 1.54) is 10.4 Å². The summed E-state index contributed by atoms with van der Waals surface area (Å²) in [6.45, 7) is 5.74. The van der Waals surface area contributed by atoms with Crippen molar-refractivity contribution in [3.05, 3.63) is 49.6 Å². The van der Waals surface area contributed by atoms with Crippen LogP contribution in [0.3, 0.4) is 0 Å². The molecule has 0 saturated carbocycles. The van der Waals surface area contributed by atoms with Gasteiger partial charge < -0.3 is 5.11 Å². The number of rotatable bonds is 4.